The number of nitrogens with one attached hydrogen (secondary N) is 1. The van der Waals surface area contributed by atoms with E-state index in [9.17, 15) is 9.90 Å². The van der Waals surface area contributed by atoms with Crippen molar-refractivity contribution >= 4 is 46.4 Å². The van der Waals surface area contributed by atoms with E-state index in [-0.39, 0.29) is 0 Å². The fourth-order valence-electron chi connectivity index (χ4n) is 1.88. The van der Waals surface area contributed by atoms with Gasteiger partial charge in [0.15, 0.2) is 0 Å². The fourth-order valence-corrected chi connectivity index (χ4v) is 3.58. The number of thiophene rings is 1. The van der Waals surface area contributed by atoms with E-state index >= 15 is 0 Å². The van der Waals surface area contributed by atoms with Crippen molar-refractivity contribution in [2.75, 3.05) is 18.1 Å². The van der Waals surface area contributed by atoms with E-state index in [1.807, 2.05) is 30.5 Å². The summed E-state index contributed by atoms with van der Waals surface area (Å²) in [5.74, 6) is -0.906. The number of hydrogen-bond donors (Lipinski definition) is 2. The fraction of sp³-hybridized carbons (Fsp3) is 0.214. The Morgan fingerprint density at radius 1 is 1.40 bits per heavy atom. The normalized spacial score (nSPS) is 10.5. The first-order valence-corrected chi connectivity index (χ1v) is 8.42. The van der Waals surface area contributed by atoms with Crippen LogP contribution in [0.15, 0.2) is 35.2 Å². The number of carboxylic acids is 1. The Morgan fingerprint density at radius 3 is 2.80 bits per heavy atom. The Bertz CT molecular complexity index is 613. The molecule has 1 aromatic heterocycles. The molecule has 2 N–H and O–H groups in total. The lowest BCUT2D eigenvalue weighted by atomic mass is 10.1. The lowest BCUT2D eigenvalue weighted by Crippen LogP contribution is -2.10. The van der Waals surface area contributed by atoms with Gasteiger partial charge in [0.25, 0.3) is 0 Å². The molecular formula is C14H14ClNO2S2. The van der Waals surface area contributed by atoms with Gasteiger partial charge in [0.2, 0.25) is 0 Å². The third-order valence-electron chi connectivity index (χ3n) is 2.78. The van der Waals surface area contributed by atoms with Gasteiger partial charge in [-0.25, -0.2) is 4.79 Å². The molecule has 0 unspecified atom stereocenters. The summed E-state index contributed by atoms with van der Waals surface area (Å²) < 4.78 is 0.774. The summed E-state index contributed by atoms with van der Waals surface area (Å²) in [7, 11) is 0. The molecular weight excluding hydrogens is 314 g/mol. The van der Waals surface area contributed by atoms with Crippen molar-refractivity contribution in [3.8, 4) is 0 Å². The number of aromatic carboxylic acids is 1. The molecule has 0 fully saturated rings. The third-order valence-corrected chi connectivity index (χ3v) is 4.85. The Labute approximate surface area is 131 Å². The lowest BCUT2D eigenvalue weighted by molar-refractivity contribution is 0.0694. The highest BCUT2D eigenvalue weighted by molar-refractivity contribution is 7.98. The molecule has 0 radical (unpaired) electrons. The van der Waals surface area contributed by atoms with Crippen molar-refractivity contribution in [3.05, 3.63) is 45.1 Å². The zero-order valence-electron chi connectivity index (χ0n) is 10.9. The third kappa shape index (κ3) is 3.69. The summed E-state index contributed by atoms with van der Waals surface area (Å²) in [6.45, 7) is 0.676. The maximum atomic E-state index is 11.4. The molecule has 0 aliphatic heterocycles. The van der Waals surface area contributed by atoms with Crippen LogP contribution < -0.4 is 5.32 Å². The lowest BCUT2D eigenvalue weighted by Gasteiger charge is -2.11. The van der Waals surface area contributed by atoms with Gasteiger partial charge in [-0.2, -0.15) is 0 Å². The molecule has 3 nitrogen and oxygen atoms in total. The predicted molar refractivity (Wildman–Crippen MR) is 86.7 cm³/mol. The van der Waals surface area contributed by atoms with Crippen LogP contribution in [0.3, 0.4) is 0 Å². The standard InChI is InChI=1S/C14H14ClNO2S2/c1-19-11-4-2-3-10(13(11)14(17)18)16-8-7-9-5-6-12(15)20-9/h2-6,16H,7-8H2,1H3,(H,17,18). The second-order valence-corrected chi connectivity index (χ2v) is 6.72. The summed E-state index contributed by atoms with van der Waals surface area (Å²) in [5, 5.41) is 12.5. The molecule has 0 spiro atoms. The predicted octanol–water partition coefficient (Wildman–Crippen LogP) is 4.48. The van der Waals surface area contributed by atoms with E-state index in [1.54, 1.807) is 17.4 Å². The van der Waals surface area contributed by atoms with Crippen molar-refractivity contribution < 1.29 is 9.90 Å². The van der Waals surface area contributed by atoms with Crippen molar-refractivity contribution in [1.29, 1.82) is 0 Å². The van der Waals surface area contributed by atoms with Gasteiger partial charge < -0.3 is 10.4 Å². The second kappa shape index (κ2) is 7.02. The van der Waals surface area contributed by atoms with E-state index in [0.29, 0.717) is 17.8 Å². The Morgan fingerprint density at radius 2 is 2.20 bits per heavy atom. The van der Waals surface area contributed by atoms with E-state index in [2.05, 4.69) is 5.32 Å². The SMILES string of the molecule is CSc1cccc(NCCc2ccc(Cl)s2)c1C(=O)O. The van der Waals surface area contributed by atoms with Gasteiger partial charge in [-0.05, 0) is 36.9 Å². The van der Waals surface area contributed by atoms with Gasteiger partial charge in [-0.15, -0.1) is 23.1 Å². The Hall–Kier alpha value is -1.17. The molecule has 0 saturated carbocycles. The van der Waals surface area contributed by atoms with Crippen LogP contribution in [-0.4, -0.2) is 23.9 Å². The van der Waals surface area contributed by atoms with E-state index in [0.717, 1.165) is 15.7 Å². The quantitative estimate of drug-likeness (QED) is 0.768. The molecule has 0 aliphatic rings. The average molecular weight is 328 g/mol. The monoisotopic (exact) mass is 327 g/mol. The van der Waals surface area contributed by atoms with E-state index in [4.69, 9.17) is 11.6 Å². The van der Waals surface area contributed by atoms with Crippen LogP contribution >= 0.6 is 34.7 Å². The van der Waals surface area contributed by atoms with Crippen LogP contribution in [0.25, 0.3) is 0 Å². The topological polar surface area (TPSA) is 49.3 Å². The second-order valence-electron chi connectivity index (χ2n) is 4.07. The minimum absolute atomic E-state index is 0.337. The number of anilines is 1. The maximum Gasteiger partial charge on any atom is 0.338 e. The molecule has 0 bridgehead atoms. The van der Waals surface area contributed by atoms with E-state index in [1.165, 1.54) is 16.6 Å². The molecule has 6 heteroatoms. The van der Waals surface area contributed by atoms with Crippen LogP contribution in [0.2, 0.25) is 4.34 Å². The molecule has 0 saturated heterocycles. The molecule has 106 valence electrons. The number of carboxylic acid groups (broad SMARTS) is 1. The smallest absolute Gasteiger partial charge is 0.338 e. The molecule has 0 atom stereocenters. The summed E-state index contributed by atoms with van der Waals surface area (Å²) >= 11 is 8.86. The highest BCUT2D eigenvalue weighted by Gasteiger charge is 2.14. The van der Waals surface area contributed by atoms with Crippen molar-refractivity contribution in [1.82, 2.24) is 0 Å². The number of carbonyl (C=O) groups is 1. The van der Waals surface area contributed by atoms with Crippen LogP contribution in [-0.2, 0) is 6.42 Å². The number of hydrogen-bond acceptors (Lipinski definition) is 4. The first-order chi connectivity index (χ1) is 9.61. The number of halogens is 1. The highest BCUT2D eigenvalue weighted by Crippen LogP contribution is 2.27. The van der Waals surface area contributed by atoms with Crippen LogP contribution in [0.5, 0.6) is 0 Å². The molecule has 0 aliphatic carbocycles. The Balaban J connectivity index is 2.07. The molecule has 2 rings (SSSR count). The van der Waals surface area contributed by atoms with Crippen molar-refractivity contribution in [2.24, 2.45) is 0 Å². The molecule has 20 heavy (non-hydrogen) atoms. The number of rotatable bonds is 6. The number of benzene rings is 1. The van der Waals surface area contributed by atoms with E-state index < -0.39 is 5.97 Å². The molecule has 1 aromatic carbocycles. The van der Waals surface area contributed by atoms with Crippen LogP contribution in [0, 0.1) is 0 Å². The van der Waals surface area contributed by atoms with Gasteiger partial charge in [-0.1, -0.05) is 17.7 Å². The zero-order valence-corrected chi connectivity index (χ0v) is 13.2. The molecule has 2 aromatic rings. The maximum absolute atomic E-state index is 11.4. The largest absolute Gasteiger partial charge is 0.478 e. The van der Waals surface area contributed by atoms with Gasteiger partial charge >= 0.3 is 5.97 Å². The average Bonchev–Trinajstić information content (AvgIpc) is 2.83. The zero-order chi connectivity index (χ0) is 14.5. The summed E-state index contributed by atoms with van der Waals surface area (Å²) in [6.07, 6.45) is 2.69. The summed E-state index contributed by atoms with van der Waals surface area (Å²) in [6, 6.07) is 9.34. The van der Waals surface area contributed by atoms with Gasteiger partial charge in [0.1, 0.15) is 0 Å². The van der Waals surface area contributed by atoms with Gasteiger partial charge in [0.05, 0.1) is 9.90 Å². The minimum Gasteiger partial charge on any atom is -0.478 e. The van der Waals surface area contributed by atoms with Crippen LogP contribution in [0.4, 0.5) is 5.69 Å². The first-order valence-electron chi connectivity index (χ1n) is 6.00. The molecule has 0 amide bonds. The molecule has 1 heterocycles. The van der Waals surface area contributed by atoms with Gasteiger partial charge in [-0.3, -0.25) is 0 Å². The number of thioether (sulfide) groups is 1. The van der Waals surface area contributed by atoms with Crippen LogP contribution in [0.1, 0.15) is 15.2 Å². The highest BCUT2D eigenvalue weighted by atomic mass is 35.5. The summed E-state index contributed by atoms with van der Waals surface area (Å²) in [4.78, 5) is 13.3. The van der Waals surface area contributed by atoms with Crippen molar-refractivity contribution in [3.63, 3.8) is 0 Å². The van der Waals surface area contributed by atoms with Gasteiger partial charge in [0, 0.05) is 22.0 Å². The Kier molecular flexibility index (Phi) is 5.34. The van der Waals surface area contributed by atoms with Crippen molar-refractivity contribution in [2.45, 2.75) is 11.3 Å². The minimum atomic E-state index is -0.906. The first kappa shape index (κ1) is 15.2. The summed E-state index contributed by atoms with van der Waals surface area (Å²) in [5.41, 5.74) is 0.996.